The van der Waals surface area contributed by atoms with Crippen molar-refractivity contribution in [1.82, 2.24) is 20.0 Å². The highest BCUT2D eigenvalue weighted by molar-refractivity contribution is 5.80. The first-order valence-corrected chi connectivity index (χ1v) is 8.78. The number of aryl methyl sites for hydroxylation is 1. The van der Waals surface area contributed by atoms with Crippen LogP contribution in [0.15, 0.2) is 17.4 Å². The highest BCUT2D eigenvalue weighted by atomic mass is 15.3. The summed E-state index contributed by atoms with van der Waals surface area (Å²) in [4.78, 5) is 7.31. The van der Waals surface area contributed by atoms with E-state index in [1.165, 1.54) is 44.3 Å². The van der Waals surface area contributed by atoms with Gasteiger partial charge in [0.2, 0.25) is 0 Å². The molecule has 2 atom stereocenters. The fraction of sp³-hybridized carbons (Fsp3) is 0.765. The minimum Gasteiger partial charge on any atom is -0.357 e. The van der Waals surface area contributed by atoms with E-state index in [9.17, 15) is 0 Å². The lowest BCUT2D eigenvalue weighted by atomic mass is 9.82. The third-order valence-corrected chi connectivity index (χ3v) is 4.96. The monoisotopic (exact) mass is 303 g/mol. The van der Waals surface area contributed by atoms with E-state index in [0.717, 1.165) is 37.4 Å². The van der Waals surface area contributed by atoms with E-state index in [1.54, 1.807) is 0 Å². The highest BCUT2D eigenvalue weighted by Crippen LogP contribution is 2.35. The SMILES string of the molecule is CCNC(=NCCn1cc(C)cn1)N1CC2CCCCC2C1. The van der Waals surface area contributed by atoms with Crippen molar-refractivity contribution in [1.29, 1.82) is 0 Å². The zero-order chi connectivity index (χ0) is 15.4. The van der Waals surface area contributed by atoms with E-state index in [2.05, 4.69) is 35.4 Å². The van der Waals surface area contributed by atoms with Crippen molar-refractivity contribution < 1.29 is 0 Å². The summed E-state index contributed by atoms with van der Waals surface area (Å²) < 4.78 is 1.98. The number of guanidine groups is 1. The molecular weight excluding hydrogens is 274 g/mol. The number of nitrogens with zero attached hydrogens (tertiary/aromatic N) is 4. The molecule has 1 N–H and O–H groups in total. The Balaban J connectivity index is 1.58. The van der Waals surface area contributed by atoms with Gasteiger partial charge < -0.3 is 10.2 Å². The number of rotatable bonds is 4. The largest absolute Gasteiger partial charge is 0.357 e. The van der Waals surface area contributed by atoms with Crippen LogP contribution in [-0.2, 0) is 6.54 Å². The second kappa shape index (κ2) is 7.16. The topological polar surface area (TPSA) is 45.5 Å². The van der Waals surface area contributed by atoms with Gasteiger partial charge in [-0.25, -0.2) is 0 Å². The molecule has 1 aromatic rings. The summed E-state index contributed by atoms with van der Waals surface area (Å²) in [6, 6.07) is 0. The van der Waals surface area contributed by atoms with Gasteiger partial charge in [-0.2, -0.15) is 5.10 Å². The van der Waals surface area contributed by atoms with Crippen molar-refractivity contribution >= 4 is 5.96 Å². The minimum atomic E-state index is 0.787. The van der Waals surface area contributed by atoms with Gasteiger partial charge in [-0.15, -0.1) is 0 Å². The van der Waals surface area contributed by atoms with Gasteiger partial charge in [0.15, 0.2) is 5.96 Å². The Morgan fingerprint density at radius 2 is 2.05 bits per heavy atom. The van der Waals surface area contributed by atoms with Crippen LogP contribution < -0.4 is 5.32 Å². The second-order valence-corrected chi connectivity index (χ2v) is 6.73. The van der Waals surface area contributed by atoms with Gasteiger partial charge in [0.25, 0.3) is 0 Å². The number of nitrogens with one attached hydrogen (secondary N) is 1. The maximum Gasteiger partial charge on any atom is 0.193 e. The lowest BCUT2D eigenvalue weighted by molar-refractivity contribution is 0.299. The van der Waals surface area contributed by atoms with Crippen LogP contribution in [0.1, 0.15) is 38.2 Å². The molecule has 0 bridgehead atoms. The lowest BCUT2D eigenvalue weighted by Gasteiger charge is -2.22. The van der Waals surface area contributed by atoms with E-state index in [-0.39, 0.29) is 0 Å². The number of aliphatic imine (C=N–C) groups is 1. The quantitative estimate of drug-likeness (QED) is 0.685. The maximum atomic E-state index is 4.83. The van der Waals surface area contributed by atoms with E-state index in [1.807, 2.05) is 10.9 Å². The summed E-state index contributed by atoms with van der Waals surface area (Å²) in [7, 11) is 0. The normalized spacial score (nSPS) is 25.4. The Morgan fingerprint density at radius 3 is 2.64 bits per heavy atom. The summed E-state index contributed by atoms with van der Waals surface area (Å²) >= 11 is 0. The van der Waals surface area contributed by atoms with Crippen molar-refractivity contribution in [3.05, 3.63) is 18.0 Å². The second-order valence-electron chi connectivity index (χ2n) is 6.73. The fourth-order valence-corrected chi connectivity index (χ4v) is 3.85. The molecule has 5 nitrogen and oxygen atoms in total. The van der Waals surface area contributed by atoms with Gasteiger partial charge in [0, 0.05) is 25.8 Å². The molecule has 1 aromatic heterocycles. The summed E-state index contributed by atoms with van der Waals surface area (Å²) in [5.41, 5.74) is 1.21. The van der Waals surface area contributed by atoms with Gasteiger partial charge in [-0.1, -0.05) is 12.8 Å². The van der Waals surface area contributed by atoms with Crippen LogP contribution >= 0.6 is 0 Å². The Bertz CT molecular complexity index is 493. The molecule has 5 heteroatoms. The fourth-order valence-electron chi connectivity index (χ4n) is 3.85. The molecule has 3 rings (SSSR count). The van der Waals surface area contributed by atoms with Crippen molar-refractivity contribution in [2.24, 2.45) is 16.8 Å². The van der Waals surface area contributed by atoms with Crippen LogP contribution in [0.3, 0.4) is 0 Å². The van der Waals surface area contributed by atoms with Gasteiger partial charge in [0.1, 0.15) is 0 Å². The van der Waals surface area contributed by atoms with Crippen LogP contribution in [0.5, 0.6) is 0 Å². The summed E-state index contributed by atoms with van der Waals surface area (Å²) in [5, 5.41) is 7.80. The molecule has 2 fully saturated rings. The smallest absolute Gasteiger partial charge is 0.193 e. The standard InChI is InChI=1S/C17H29N5/c1-3-18-17(19-8-9-22-11-14(2)10-20-22)21-12-15-6-4-5-7-16(15)13-21/h10-11,15-16H,3-9,12-13H2,1-2H3,(H,18,19). The average molecular weight is 303 g/mol. The van der Waals surface area contributed by atoms with E-state index >= 15 is 0 Å². The van der Waals surface area contributed by atoms with Gasteiger partial charge in [-0.3, -0.25) is 9.67 Å². The van der Waals surface area contributed by atoms with Crippen molar-refractivity contribution in [2.45, 2.75) is 46.1 Å². The highest BCUT2D eigenvalue weighted by Gasteiger charge is 2.35. The molecular formula is C17H29N5. The Labute approximate surface area is 133 Å². The van der Waals surface area contributed by atoms with Crippen LogP contribution in [0.25, 0.3) is 0 Å². The van der Waals surface area contributed by atoms with E-state index < -0.39 is 0 Å². The summed E-state index contributed by atoms with van der Waals surface area (Å²) in [6.07, 6.45) is 9.63. The molecule has 2 heterocycles. The van der Waals surface area contributed by atoms with Crippen molar-refractivity contribution in [2.75, 3.05) is 26.2 Å². The third kappa shape index (κ3) is 3.62. The molecule has 22 heavy (non-hydrogen) atoms. The zero-order valence-electron chi connectivity index (χ0n) is 14.0. The first-order chi connectivity index (χ1) is 10.8. The molecule has 1 aliphatic carbocycles. The number of hydrogen-bond acceptors (Lipinski definition) is 2. The van der Waals surface area contributed by atoms with Gasteiger partial charge >= 0.3 is 0 Å². The molecule has 0 aromatic carbocycles. The predicted molar refractivity (Wildman–Crippen MR) is 90.0 cm³/mol. The van der Waals surface area contributed by atoms with Crippen LogP contribution in [0, 0.1) is 18.8 Å². The van der Waals surface area contributed by atoms with Crippen LogP contribution in [-0.4, -0.2) is 46.8 Å². The lowest BCUT2D eigenvalue weighted by Crippen LogP contribution is -2.40. The zero-order valence-corrected chi connectivity index (χ0v) is 14.0. The number of likely N-dealkylation sites (tertiary alicyclic amines) is 1. The van der Waals surface area contributed by atoms with Crippen molar-refractivity contribution in [3.63, 3.8) is 0 Å². The first kappa shape index (κ1) is 15.4. The average Bonchev–Trinajstić information content (AvgIpc) is 3.12. The molecule has 0 amide bonds. The molecule has 2 unspecified atom stereocenters. The van der Waals surface area contributed by atoms with Crippen molar-refractivity contribution in [3.8, 4) is 0 Å². The molecule has 1 saturated heterocycles. The van der Waals surface area contributed by atoms with Crippen LogP contribution in [0.4, 0.5) is 0 Å². The molecule has 1 aliphatic heterocycles. The number of fused-ring (bicyclic) bond motifs is 1. The molecule has 122 valence electrons. The Morgan fingerprint density at radius 1 is 1.32 bits per heavy atom. The minimum absolute atomic E-state index is 0.787. The Hall–Kier alpha value is -1.52. The third-order valence-electron chi connectivity index (χ3n) is 4.96. The molecule has 1 saturated carbocycles. The predicted octanol–water partition coefficient (Wildman–Crippen LogP) is 2.28. The van der Waals surface area contributed by atoms with E-state index in [0.29, 0.717) is 0 Å². The number of hydrogen-bond donors (Lipinski definition) is 1. The Kier molecular flexibility index (Phi) is 5.01. The van der Waals surface area contributed by atoms with Crippen LogP contribution in [0.2, 0.25) is 0 Å². The maximum absolute atomic E-state index is 4.83. The molecule has 0 radical (unpaired) electrons. The van der Waals surface area contributed by atoms with Gasteiger partial charge in [-0.05, 0) is 44.1 Å². The van der Waals surface area contributed by atoms with E-state index in [4.69, 9.17) is 4.99 Å². The summed E-state index contributed by atoms with van der Waals surface area (Å²) in [6.45, 7) is 9.18. The first-order valence-electron chi connectivity index (χ1n) is 8.78. The summed E-state index contributed by atoms with van der Waals surface area (Å²) in [5.74, 6) is 2.89. The van der Waals surface area contributed by atoms with Gasteiger partial charge in [0.05, 0.1) is 19.3 Å². The number of aromatic nitrogens is 2. The molecule has 0 spiro atoms. The molecule has 2 aliphatic rings.